The molecule has 1 aromatic carbocycles. The molecule has 1 amide bonds. The molecular weight excluding hydrogens is 364 g/mol. The lowest BCUT2D eigenvalue weighted by Crippen LogP contribution is -2.56. The van der Waals surface area contributed by atoms with Crippen molar-refractivity contribution >= 4 is 17.4 Å². The molecule has 0 N–H and O–H groups in total. The van der Waals surface area contributed by atoms with E-state index in [1.165, 1.54) is 5.56 Å². The first kappa shape index (κ1) is 17.8. The van der Waals surface area contributed by atoms with Crippen molar-refractivity contribution in [3.8, 4) is 5.82 Å². The summed E-state index contributed by atoms with van der Waals surface area (Å²) in [6, 6.07) is 12.4. The number of nitrogens with zero attached hydrogens (tertiary/aromatic N) is 6. The molecule has 0 radical (unpaired) electrons. The van der Waals surface area contributed by atoms with Crippen LogP contribution in [0.5, 0.6) is 0 Å². The molecule has 1 unspecified atom stereocenters. The van der Waals surface area contributed by atoms with Crippen molar-refractivity contribution in [2.75, 3.05) is 22.9 Å². The lowest BCUT2D eigenvalue weighted by atomic mass is 9.98. The van der Waals surface area contributed by atoms with E-state index in [-0.39, 0.29) is 17.9 Å². The molecule has 7 heteroatoms. The van der Waals surface area contributed by atoms with Gasteiger partial charge in [-0.1, -0.05) is 18.2 Å². The van der Waals surface area contributed by atoms with E-state index >= 15 is 0 Å². The SMILES string of the molecule is Cc1cc(C)n(-c2cc(N3CC(C(=O)N4c5ccccc5CC4C)C3)ncn2)n1. The Labute approximate surface area is 170 Å². The molecule has 2 aromatic heterocycles. The van der Waals surface area contributed by atoms with E-state index in [1.54, 1.807) is 6.33 Å². The minimum Gasteiger partial charge on any atom is -0.355 e. The van der Waals surface area contributed by atoms with Crippen molar-refractivity contribution < 1.29 is 4.79 Å². The molecule has 0 aliphatic carbocycles. The smallest absolute Gasteiger partial charge is 0.233 e. The second kappa shape index (κ2) is 6.69. The first-order valence-electron chi connectivity index (χ1n) is 10.0. The molecule has 0 bridgehead atoms. The van der Waals surface area contributed by atoms with Gasteiger partial charge in [0.1, 0.15) is 12.1 Å². The molecule has 4 heterocycles. The molecule has 1 saturated heterocycles. The summed E-state index contributed by atoms with van der Waals surface area (Å²) >= 11 is 0. The van der Waals surface area contributed by atoms with Crippen LogP contribution in [0.25, 0.3) is 5.82 Å². The van der Waals surface area contributed by atoms with Gasteiger partial charge in [-0.2, -0.15) is 5.10 Å². The average Bonchev–Trinajstić information content (AvgIpc) is 3.18. The Morgan fingerprint density at radius 1 is 1.07 bits per heavy atom. The van der Waals surface area contributed by atoms with E-state index in [0.717, 1.165) is 35.1 Å². The lowest BCUT2D eigenvalue weighted by Gasteiger charge is -2.41. The fourth-order valence-corrected chi connectivity index (χ4v) is 4.41. The first-order valence-corrected chi connectivity index (χ1v) is 10.0. The Morgan fingerprint density at radius 3 is 2.59 bits per heavy atom. The summed E-state index contributed by atoms with van der Waals surface area (Å²) in [5, 5.41) is 4.50. The van der Waals surface area contributed by atoms with E-state index in [4.69, 9.17) is 0 Å². The molecule has 0 spiro atoms. The molecule has 148 valence electrons. The average molecular weight is 388 g/mol. The van der Waals surface area contributed by atoms with Crippen molar-refractivity contribution in [1.29, 1.82) is 0 Å². The summed E-state index contributed by atoms with van der Waals surface area (Å²) in [6.07, 6.45) is 2.49. The van der Waals surface area contributed by atoms with Gasteiger partial charge in [0.05, 0.1) is 11.6 Å². The predicted octanol–water partition coefficient (Wildman–Crippen LogP) is 2.69. The van der Waals surface area contributed by atoms with Gasteiger partial charge < -0.3 is 9.80 Å². The van der Waals surface area contributed by atoms with Gasteiger partial charge in [0, 0.05) is 36.6 Å². The molecule has 2 aliphatic heterocycles. The normalized spacial score (nSPS) is 18.7. The number of fused-ring (bicyclic) bond motifs is 1. The van der Waals surface area contributed by atoms with Crippen LogP contribution in [0.2, 0.25) is 0 Å². The van der Waals surface area contributed by atoms with E-state index in [2.05, 4.69) is 39.0 Å². The number of hydrogen-bond donors (Lipinski definition) is 0. The predicted molar refractivity (Wildman–Crippen MR) is 111 cm³/mol. The lowest BCUT2D eigenvalue weighted by molar-refractivity contribution is -0.123. The summed E-state index contributed by atoms with van der Waals surface area (Å²) in [7, 11) is 0. The van der Waals surface area contributed by atoms with Crippen LogP contribution in [0.1, 0.15) is 23.9 Å². The summed E-state index contributed by atoms with van der Waals surface area (Å²) in [6.45, 7) is 7.46. The molecule has 0 saturated carbocycles. The van der Waals surface area contributed by atoms with Crippen LogP contribution in [0.3, 0.4) is 0 Å². The largest absolute Gasteiger partial charge is 0.355 e. The Kier molecular flexibility index (Phi) is 4.12. The van der Waals surface area contributed by atoms with Crippen molar-refractivity contribution in [3.63, 3.8) is 0 Å². The van der Waals surface area contributed by atoms with Gasteiger partial charge in [0.2, 0.25) is 5.91 Å². The minimum atomic E-state index is -0.00398. The number of amides is 1. The number of aryl methyl sites for hydroxylation is 2. The number of aromatic nitrogens is 4. The number of rotatable bonds is 3. The van der Waals surface area contributed by atoms with Crippen LogP contribution in [-0.2, 0) is 11.2 Å². The number of hydrogen-bond acceptors (Lipinski definition) is 5. The molecular formula is C22H24N6O. The number of para-hydroxylation sites is 1. The van der Waals surface area contributed by atoms with Gasteiger partial charge in [-0.3, -0.25) is 4.79 Å². The second-order valence-electron chi connectivity index (χ2n) is 8.07. The van der Waals surface area contributed by atoms with Gasteiger partial charge >= 0.3 is 0 Å². The van der Waals surface area contributed by atoms with Crippen molar-refractivity contribution in [1.82, 2.24) is 19.7 Å². The third-order valence-electron chi connectivity index (χ3n) is 5.86. The van der Waals surface area contributed by atoms with Crippen LogP contribution in [-0.4, -0.2) is 44.8 Å². The van der Waals surface area contributed by atoms with Crippen molar-refractivity contribution in [2.24, 2.45) is 5.92 Å². The van der Waals surface area contributed by atoms with E-state index in [1.807, 2.05) is 47.7 Å². The summed E-state index contributed by atoms with van der Waals surface area (Å²) in [5.41, 5.74) is 4.31. The topological polar surface area (TPSA) is 67.2 Å². The zero-order valence-electron chi connectivity index (χ0n) is 16.9. The molecule has 3 aromatic rings. The number of benzene rings is 1. The van der Waals surface area contributed by atoms with Crippen LogP contribution in [0.4, 0.5) is 11.5 Å². The maximum atomic E-state index is 13.2. The zero-order chi connectivity index (χ0) is 20.1. The van der Waals surface area contributed by atoms with E-state index in [9.17, 15) is 4.79 Å². The monoisotopic (exact) mass is 388 g/mol. The molecule has 1 fully saturated rings. The quantitative estimate of drug-likeness (QED) is 0.690. The third-order valence-corrected chi connectivity index (χ3v) is 5.86. The maximum absolute atomic E-state index is 13.2. The first-order chi connectivity index (χ1) is 14.0. The van der Waals surface area contributed by atoms with E-state index in [0.29, 0.717) is 13.1 Å². The molecule has 7 nitrogen and oxygen atoms in total. The van der Waals surface area contributed by atoms with Gasteiger partial charge in [0.15, 0.2) is 5.82 Å². The van der Waals surface area contributed by atoms with Gasteiger partial charge in [-0.25, -0.2) is 14.6 Å². The Balaban J connectivity index is 1.31. The zero-order valence-corrected chi connectivity index (χ0v) is 16.9. The highest BCUT2D eigenvalue weighted by Gasteiger charge is 2.40. The highest BCUT2D eigenvalue weighted by Crippen LogP contribution is 2.35. The summed E-state index contributed by atoms with van der Waals surface area (Å²) in [4.78, 5) is 26.1. The maximum Gasteiger partial charge on any atom is 0.233 e. The fraction of sp³-hybridized carbons (Fsp3) is 0.364. The Hall–Kier alpha value is -3.22. The highest BCUT2D eigenvalue weighted by atomic mass is 16.2. The number of carbonyl (C=O) groups is 1. The Bertz CT molecular complexity index is 1080. The Morgan fingerprint density at radius 2 is 1.83 bits per heavy atom. The fourth-order valence-electron chi connectivity index (χ4n) is 4.41. The van der Waals surface area contributed by atoms with Crippen molar-refractivity contribution in [3.05, 3.63) is 59.7 Å². The molecule has 5 rings (SSSR count). The minimum absolute atomic E-state index is 0.00398. The van der Waals surface area contributed by atoms with Gasteiger partial charge in [-0.15, -0.1) is 0 Å². The second-order valence-corrected chi connectivity index (χ2v) is 8.07. The number of carbonyl (C=O) groups excluding carboxylic acids is 1. The summed E-state index contributed by atoms with van der Waals surface area (Å²) < 4.78 is 1.83. The molecule has 2 aliphatic rings. The van der Waals surface area contributed by atoms with Crippen LogP contribution >= 0.6 is 0 Å². The van der Waals surface area contributed by atoms with Gasteiger partial charge in [-0.05, 0) is 44.9 Å². The van der Waals surface area contributed by atoms with Crippen LogP contribution in [0, 0.1) is 19.8 Å². The standard InChI is InChI=1S/C22H24N6O/c1-14-8-16(3)28(25-14)21-10-20(23-13-24-21)26-11-18(12-26)22(29)27-15(2)9-17-6-4-5-7-19(17)27/h4-8,10,13,15,18H,9,11-12H2,1-3H3. The molecule has 29 heavy (non-hydrogen) atoms. The summed E-state index contributed by atoms with van der Waals surface area (Å²) in [5.74, 6) is 1.79. The highest BCUT2D eigenvalue weighted by molar-refractivity contribution is 5.99. The number of anilines is 2. The van der Waals surface area contributed by atoms with Crippen LogP contribution in [0.15, 0.2) is 42.7 Å². The van der Waals surface area contributed by atoms with Crippen LogP contribution < -0.4 is 9.80 Å². The third kappa shape index (κ3) is 2.97. The van der Waals surface area contributed by atoms with Gasteiger partial charge in [0.25, 0.3) is 0 Å². The van der Waals surface area contributed by atoms with Crippen molar-refractivity contribution in [2.45, 2.75) is 33.2 Å². The molecule has 1 atom stereocenters. The van der Waals surface area contributed by atoms with E-state index < -0.39 is 0 Å².